The van der Waals surface area contributed by atoms with Crippen LogP contribution in [0.15, 0.2) is 0 Å². The number of hydrogen-bond acceptors (Lipinski definition) is 6. The van der Waals surface area contributed by atoms with Crippen LogP contribution in [-0.2, 0) is 23.1 Å². The fourth-order valence-corrected chi connectivity index (χ4v) is 6.23. The molecule has 0 heterocycles. The van der Waals surface area contributed by atoms with Gasteiger partial charge in [0.25, 0.3) is 0 Å². The molecule has 0 spiro atoms. The molecular formula is C36H76N2O7P+. The number of carbonyl (C=O) groups is 1. The third kappa shape index (κ3) is 34.6. The smallest absolute Gasteiger partial charge is 0.441 e. The van der Waals surface area contributed by atoms with Crippen molar-refractivity contribution < 1.29 is 37.3 Å². The summed E-state index contributed by atoms with van der Waals surface area (Å²) >= 11 is 0. The minimum atomic E-state index is -4.23. The summed E-state index contributed by atoms with van der Waals surface area (Å²) in [6.45, 7) is 4.03. The van der Waals surface area contributed by atoms with E-state index in [4.69, 9.17) is 18.5 Å². The lowest BCUT2D eigenvalue weighted by Crippen LogP contribution is -2.35. The van der Waals surface area contributed by atoms with Crippen LogP contribution in [0.1, 0.15) is 161 Å². The van der Waals surface area contributed by atoms with Crippen molar-refractivity contribution in [1.29, 1.82) is 0 Å². The Bertz CT molecular complexity index is 721. The predicted octanol–water partition coefficient (Wildman–Crippen LogP) is 9.95. The Morgan fingerprint density at radius 1 is 0.630 bits per heavy atom. The van der Waals surface area contributed by atoms with Crippen molar-refractivity contribution in [2.45, 2.75) is 167 Å². The largest absolute Gasteiger partial charge is 0.472 e. The summed E-state index contributed by atoms with van der Waals surface area (Å²) in [5.74, 6) is 0. The van der Waals surface area contributed by atoms with Crippen molar-refractivity contribution in [2.75, 3.05) is 61.2 Å². The second-order valence-corrected chi connectivity index (χ2v) is 15.5. The van der Waals surface area contributed by atoms with Crippen LogP contribution in [0.3, 0.4) is 0 Å². The van der Waals surface area contributed by atoms with Crippen LogP contribution in [-0.4, -0.2) is 82.7 Å². The molecule has 1 amide bonds. The molecule has 9 nitrogen and oxygen atoms in total. The van der Waals surface area contributed by atoms with Crippen molar-refractivity contribution in [2.24, 2.45) is 0 Å². The number of unbranched alkanes of at least 4 members (excludes halogenated alkanes) is 22. The van der Waals surface area contributed by atoms with Crippen LogP contribution in [0.25, 0.3) is 0 Å². The summed E-state index contributed by atoms with van der Waals surface area (Å²) in [6.07, 6.45) is 28.6. The van der Waals surface area contributed by atoms with Gasteiger partial charge in [-0.15, -0.1) is 0 Å². The Hall–Kier alpha value is -0.700. The maximum atomic E-state index is 12.3. The van der Waals surface area contributed by atoms with Crippen molar-refractivity contribution in [3.63, 3.8) is 0 Å². The normalized spacial score (nSPS) is 13.9. The maximum absolute atomic E-state index is 12.3. The van der Waals surface area contributed by atoms with Crippen LogP contribution in [0.2, 0.25) is 0 Å². The summed E-state index contributed by atoms with van der Waals surface area (Å²) in [7, 11) is 3.92. The number of quaternary nitrogens is 1. The van der Waals surface area contributed by atoms with Crippen molar-refractivity contribution in [1.82, 2.24) is 5.32 Å². The van der Waals surface area contributed by atoms with Gasteiger partial charge in [0.05, 0.1) is 47.5 Å². The third-order valence-electron chi connectivity index (χ3n) is 8.33. The lowest BCUT2D eigenvalue weighted by atomic mass is 10.0. The van der Waals surface area contributed by atoms with Crippen molar-refractivity contribution in [3.05, 3.63) is 0 Å². The Morgan fingerprint density at radius 3 is 1.48 bits per heavy atom. The number of alkyl carbamates (subject to hydrolysis) is 1. The first-order chi connectivity index (χ1) is 22.1. The average molecular weight is 680 g/mol. The molecular weight excluding hydrogens is 603 g/mol. The summed E-state index contributed by atoms with van der Waals surface area (Å²) in [4.78, 5) is 21.8. The molecule has 0 aliphatic heterocycles. The van der Waals surface area contributed by atoms with Gasteiger partial charge in [-0.05, 0) is 25.7 Å². The van der Waals surface area contributed by atoms with Gasteiger partial charge in [0.15, 0.2) is 6.10 Å². The summed E-state index contributed by atoms with van der Waals surface area (Å²) in [5, 5.41) is 2.40. The fourth-order valence-electron chi connectivity index (χ4n) is 5.44. The minimum Gasteiger partial charge on any atom is -0.441 e. The third-order valence-corrected chi connectivity index (χ3v) is 9.31. The molecule has 46 heavy (non-hydrogen) atoms. The van der Waals surface area contributed by atoms with Gasteiger partial charge < -0.3 is 24.2 Å². The van der Waals surface area contributed by atoms with Gasteiger partial charge in [-0.3, -0.25) is 9.05 Å². The molecule has 0 fully saturated rings. The van der Waals surface area contributed by atoms with Gasteiger partial charge in [-0.1, -0.05) is 135 Å². The van der Waals surface area contributed by atoms with Gasteiger partial charge in [0.2, 0.25) is 0 Å². The van der Waals surface area contributed by atoms with Crippen LogP contribution < -0.4 is 5.32 Å². The van der Waals surface area contributed by atoms with E-state index < -0.39 is 20.0 Å². The lowest BCUT2D eigenvalue weighted by molar-refractivity contribution is -0.870. The number of phosphoric acid groups is 1. The number of carbonyl (C=O) groups excluding carboxylic acids is 1. The van der Waals surface area contributed by atoms with E-state index in [1.165, 1.54) is 136 Å². The second kappa shape index (κ2) is 31.6. The standard InChI is InChI=1S/C36H75N2O7P/c1-6-7-8-9-10-11-12-13-14-15-16-17-19-22-25-28-31-42-33-35(45-36(39)37-2)34-44-46(40,41)43-32-29-26-23-20-18-21-24-27-30-38(3,4)5/h35H,6-34H2,1-5H3,(H-,37,39,40,41)/p+1. The fraction of sp³-hybridized carbons (Fsp3) is 0.972. The zero-order valence-corrected chi connectivity index (χ0v) is 31.8. The van der Waals surface area contributed by atoms with Gasteiger partial charge in [-0.2, -0.15) is 0 Å². The van der Waals surface area contributed by atoms with E-state index in [0.717, 1.165) is 30.2 Å². The molecule has 0 saturated heterocycles. The molecule has 0 radical (unpaired) electrons. The molecule has 0 rings (SSSR count). The monoisotopic (exact) mass is 680 g/mol. The zero-order valence-electron chi connectivity index (χ0n) is 30.9. The predicted molar refractivity (Wildman–Crippen MR) is 191 cm³/mol. The van der Waals surface area contributed by atoms with E-state index in [1.807, 2.05) is 0 Å². The van der Waals surface area contributed by atoms with Gasteiger partial charge >= 0.3 is 13.9 Å². The summed E-state index contributed by atoms with van der Waals surface area (Å²) in [6, 6.07) is 0. The highest BCUT2D eigenvalue weighted by atomic mass is 31.2. The van der Waals surface area contributed by atoms with Crippen LogP contribution >= 0.6 is 7.82 Å². The van der Waals surface area contributed by atoms with E-state index in [9.17, 15) is 14.3 Å². The van der Waals surface area contributed by atoms with Crippen LogP contribution in [0, 0.1) is 0 Å². The highest BCUT2D eigenvalue weighted by Crippen LogP contribution is 2.43. The number of rotatable bonds is 35. The molecule has 0 aromatic heterocycles. The molecule has 0 saturated carbocycles. The number of nitrogens with one attached hydrogen (secondary N) is 1. The molecule has 2 N–H and O–H groups in total. The summed E-state index contributed by atoms with van der Waals surface area (Å²) in [5.41, 5.74) is 0. The van der Waals surface area contributed by atoms with E-state index >= 15 is 0 Å². The van der Waals surface area contributed by atoms with Gasteiger partial charge in [0.1, 0.15) is 0 Å². The Kier molecular flexibility index (Phi) is 31.1. The molecule has 2 atom stereocenters. The lowest BCUT2D eigenvalue weighted by Gasteiger charge is -2.23. The van der Waals surface area contributed by atoms with E-state index in [-0.39, 0.29) is 19.8 Å². The molecule has 2 unspecified atom stereocenters. The zero-order chi connectivity index (χ0) is 34.2. The maximum Gasteiger partial charge on any atom is 0.472 e. The molecule has 0 aliphatic carbocycles. The SMILES string of the molecule is CCCCCCCCCCCCCCCCCCOCC(COP(=O)(O)OCCCCCCCCCC[N+](C)(C)C)OC(=O)NC. The van der Waals surface area contributed by atoms with Gasteiger partial charge in [0, 0.05) is 13.7 Å². The summed E-state index contributed by atoms with van der Waals surface area (Å²) < 4.78 is 34.6. The van der Waals surface area contributed by atoms with E-state index in [1.54, 1.807) is 0 Å². The van der Waals surface area contributed by atoms with E-state index in [2.05, 4.69) is 33.4 Å². The number of ether oxygens (including phenoxy) is 2. The Balaban J connectivity index is 3.82. The van der Waals surface area contributed by atoms with E-state index in [0.29, 0.717) is 13.0 Å². The number of phosphoric ester groups is 1. The Labute approximate surface area is 284 Å². The first-order valence-corrected chi connectivity index (χ1v) is 20.5. The first kappa shape index (κ1) is 45.3. The quantitative estimate of drug-likeness (QED) is 0.0390. The number of hydrogen-bond donors (Lipinski definition) is 2. The molecule has 0 aromatic rings. The minimum absolute atomic E-state index is 0.0987. The van der Waals surface area contributed by atoms with Crippen LogP contribution in [0.5, 0.6) is 0 Å². The number of amides is 1. The highest BCUT2D eigenvalue weighted by Gasteiger charge is 2.25. The Morgan fingerprint density at radius 2 is 1.04 bits per heavy atom. The molecule has 10 heteroatoms. The first-order valence-electron chi connectivity index (χ1n) is 19.0. The molecule has 276 valence electrons. The topological polar surface area (TPSA) is 103 Å². The second-order valence-electron chi connectivity index (χ2n) is 14.1. The van der Waals surface area contributed by atoms with Crippen LogP contribution in [0.4, 0.5) is 4.79 Å². The molecule has 0 aromatic carbocycles. The average Bonchev–Trinajstić information content (AvgIpc) is 3.01. The highest BCUT2D eigenvalue weighted by molar-refractivity contribution is 7.47. The van der Waals surface area contributed by atoms with Gasteiger partial charge in [-0.25, -0.2) is 9.36 Å². The molecule has 0 bridgehead atoms. The van der Waals surface area contributed by atoms with Crippen molar-refractivity contribution in [3.8, 4) is 0 Å². The molecule has 0 aliphatic rings. The van der Waals surface area contributed by atoms with Crippen molar-refractivity contribution >= 4 is 13.9 Å². The number of nitrogens with zero attached hydrogens (tertiary/aromatic N) is 1.